The Balaban J connectivity index is 2.59. The van der Waals surface area contributed by atoms with Crippen LogP contribution in [0.5, 0.6) is 0 Å². The maximum absolute atomic E-state index is 11.5. The van der Waals surface area contributed by atoms with E-state index in [0.717, 1.165) is 5.69 Å². The second-order valence-corrected chi connectivity index (χ2v) is 4.38. The Bertz CT molecular complexity index is 355. The number of aromatic nitrogens is 1. The van der Waals surface area contributed by atoms with Crippen LogP contribution in [0.25, 0.3) is 0 Å². The number of carbonyl (C=O) groups is 1. The molecule has 1 heterocycles. The Morgan fingerprint density at radius 1 is 1.53 bits per heavy atom. The van der Waals surface area contributed by atoms with E-state index in [-0.39, 0.29) is 12.3 Å². The summed E-state index contributed by atoms with van der Waals surface area (Å²) in [6, 6.07) is 5.49. The van der Waals surface area contributed by atoms with Crippen LogP contribution in [-0.4, -0.2) is 16.4 Å². The number of hydrogen-bond donors (Lipinski definition) is 2. The molecular formula is C11H17N3O. The Kier molecular flexibility index (Phi) is 3.42. The maximum atomic E-state index is 11.5. The van der Waals surface area contributed by atoms with Crippen molar-refractivity contribution in [1.29, 1.82) is 0 Å². The summed E-state index contributed by atoms with van der Waals surface area (Å²) in [4.78, 5) is 15.7. The molecule has 3 N–H and O–H groups in total. The summed E-state index contributed by atoms with van der Waals surface area (Å²) < 4.78 is 0. The maximum Gasteiger partial charge on any atom is 0.227 e. The van der Waals surface area contributed by atoms with Gasteiger partial charge in [0.1, 0.15) is 5.82 Å². The lowest BCUT2D eigenvalue weighted by molar-refractivity contribution is -0.117. The van der Waals surface area contributed by atoms with Gasteiger partial charge in [0.15, 0.2) is 0 Å². The second kappa shape index (κ2) is 4.40. The van der Waals surface area contributed by atoms with Crippen LogP contribution < -0.4 is 11.1 Å². The molecule has 0 unspecified atom stereocenters. The van der Waals surface area contributed by atoms with E-state index in [1.807, 2.05) is 32.9 Å². The summed E-state index contributed by atoms with van der Waals surface area (Å²) in [5.74, 6) is 0.463. The van der Waals surface area contributed by atoms with Crippen LogP contribution in [-0.2, 0) is 4.79 Å². The summed E-state index contributed by atoms with van der Waals surface area (Å²) >= 11 is 0. The fourth-order valence-electron chi connectivity index (χ4n) is 1.21. The Labute approximate surface area is 89.9 Å². The van der Waals surface area contributed by atoms with Crippen molar-refractivity contribution in [2.75, 3.05) is 5.32 Å². The zero-order valence-electron chi connectivity index (χ0n) is 9.37. The molecule has 4 nitrogen and oxygen atoms in total. The highest BCUT2D eigenvalue weighted by atomic mass is 16.1. The van der Waals surface area contributed by atoms with Gasteiger partial charge in [0.25, 0.3) is 0 Å². The van der Waals surface area contributed by atoms with Crippen molar-refractivity contribution in [2.45, 2.75) is 32.7 Å². The largest absolute Gasteiger partial charge is 0.325 e. The number of amides is 1. The lowest BCUT2D eigenvalue weighted by atomic mass is 10.0. The molecule has 0 bridgehead atoms. The van der Waals surface area contributed by atoms with Crippen LogP contribution in [0, 0.1) is 6.92 Å². The smallest absolute Gasteiger partial charge is 0.227 e. The van der Waals surface area contributed by atoms with Crippen molar-refractivity contribution in [3.05, 3.63) is 23.9 Å². The topological polar surface area (TPSA) is 68.0 Å². The molecule has 0 aromatic carbocycles. The van der Waals surface area contributed by atoms with Crippen LogP contribution in [0.15, 0.2) is 18.2 Å². The fourth-order valence-corrected chi connectivity index (χ4v) is 1.21. The lowest BCUT2D eigenvalue weighted by Crippen LogP contribution is -2.36. The van der Waals surface area contributed by atoms with Crippen molar-refractivity contribution in [1.82, 2.24) is 4.98 Å². The Hall–Kier alpha value is -1.42. The average Bonchev–Trinajstić information content (AvgIpc) is 1.99. The molecule has 0 atom stereocenters. The third-order valence-corrected chi connectivity index (χ3v) is 1.77. The molecule has 82 valence electrons. The van der Waals surface area contributed by atoms with Gasteiger partial charge in [-0.2, -0.15) is 0 Å². The Morgan fingerprint density at radius 3 is 2.73 bits per heavy atom. The van der Waals surface area contributed by atoms with Gasteiger partial charge in [0.05, 0.1) is 0 Å². The minimum absolute atomic E-state index is 0.111. The zero-order valence-corrected chi connectivity index (χ0v) is 9.37. The molecule has 1 rings (SSSR count). The van der Waals surface area contributed by atoms with Gasteiger partial charge in [-0.25, -0.2) is 4.98 Å². The van der Waals surface area contributed by atoms with Gasteiger partial charge in [0, 0.05) is 17.7 Å². The van der Waals surface area contributed by atoms with Gasteiger partial charge in [-0.15, -0.1) is 0 Å². The summed E-state index contributed by atoms with van der Waals surface area (Å²) in [6.07, 6.45) is 0.280. The SMILES string of the molecule is Cc1cccc(NC(=O)CC(C)(C)N)n1. The molecule has 4 heteroatoms. The fraction of sp³-hybridized carbons (Fsp3) is 0.455. The molecule has 1 aromatic heterocycles. The molecular weight excluding hydrogens is 190 g/mol. The molecule has 0 spiro atoms. The van der Waals surface area contributed by atoms with Crippen molar-refractivity contribution in [2.24, 2.45) is 5.73 Å². The summed E-state index contributed by atoms with van der Waals surface area (Å²) in [7, 11) is 0. The van der Waals surface area contributed by atoms with Gasteiger partial charge < -0.3 is 11.1 Å². The molecule has 0 saturated heterocycles. The molecule has 0 fully saturated rings. The standard InChI is InChI=1S/C11H17N3O/c1-8-5-4-6-9(13-8)14-10(15)7-11(2,3)12/h4-6H,7,12H2,1-3H3,(H,13,14,15). The van der Waals surface area contributed by atoms with Gasteiger partial charge in [0.2, 0.25) is 5.91 Å². The molecule has 0 radical (unpaired) electrons. The normalized spacial score (nSPS) is 11.2. The van der Waals surface area contributed by atoms with Crippen LogP contribution in [0.3, 0.4) is 0 Å². The molecule has 0 aliphatic carbocycles. The number of rotatable bonds is 3. The van der Waals surface area contributed by atoms with Gasteiger partial charge in [-0.1, -0.05) is 6.07 Å². The number of anilines is 1. The number of hydrogen-bond acceptors (Lipinski definition) is 3. The van der Waals surface area contributed by atoms with E-state index in [9.17, 15) is 4.79 Å². The number of nitrogens with one attached hydrogen (secondary N) is 1. The monoisotopic (exact) mass is 207 g/mol. The van der Waals surface area contributed by atoms with Crippen molar-refractivity contribution < 1.29 is 4.79 Å². The number of nitrogens with zero attached hydrogens (tertiary/aromatic N) is 1. The van der Waals surface area contributed by atoms with Crippen LogP contribution in [0.4, 0.5) is 5.82 Å². The molecule has 1 amide bonds. The van der Waals surface area contributed by atoms with E-state index in [0.29, 0.717) is 5.82 Å². The number of pyridine rings is 1. The molecule has 1 aromatic rings. The average molecular weight is 207 g/mol. The van der Waals surface area contributed by atoms with E-state index in [1.165, 1.54) is 0 Å². The zero-order chi connectivity index (χ0) is 11.5. The minimum Gasteiger partial charge on any atom is -0.325 e. The summed E-state index contributed by atoms with van der Waals surface area (Å²) in [5, 5.41) is 2.71. The number of carbonyl (C=O) groups excluding carboxylic acids is 1. The van der Waals surface area contributed by atoms with Crippen molar-refractivity contribution in [3.8, 4) is 0 Å². The highest BCUT2D eigenvalue weighted by molar-refractivity contribution is 5.90. The van der Waals surface area contributed by atoms with Gasteiger partial charge >= 0.3 is 0 Å². The molecule has 0 aliphatic rings. The van der Waals surface area contributed by atoms with E-state index in [2.05, 4.69) is 10.3 Å². The van der Waals surface area contributed by atoms with E-state index < -0.39 is 5.54 Å². The third kappa shape index (κ3) is 4.56. The minimum atomic E-state index is -0.492. The van der Waals surface area contributed by atoms with Gasteiger partial charge in [-0.3, -0.25) is 4.79 Å². The van der Waals surface area contributed by atoms with Gasteiger partial charge in [-0.05, 0) is 32.9 Å². The first-order chi connectivity index (χ1) is 6.87. The first-order valence-electron chi connectivity index (χ1n) is 4.89. The van der Waals surface area contributed by atoms with E-state index in [1.54, 1.807) is 6.07 Å². The predicted molar refractivity (Wildman–Crippen MR) is 60.5 cm³/mol. The summed E-state index contributed by atoms with van der Waals surface area (Å²) in [5.41, 5.74) is 6.12. The first kappa shape index (κ1) is 11.7. The summed E-state index contributed by atoms with van der Waals surface area (Å²) in [6.45, 7) is 5.51. The third-order valence-electron chi connectivity index (χ3n) is 1.77. The molecule has 0 aliphatic heterocycles. The predicted octanol–water partition coefficient (Wildman–Crippen LogP) is 1.46. The van der Waals surface area contributed by atoms with Crippen LogP contribution in [0.2, 0.25) is 0 Å². The van der Waals surface area contributed by atoms with Crippen molar-refractivity contribution in [3.63, 3.8) is 0 Å². The number of aryl methyl sites for hydroxylation is 1. The quantitative estimate of drug-likeness (QED) is 0.788. The number of nitrogens with two attached hydrogens (primary N) is 1. The van der Waals surface area contributed by atoms with E-state index in [4.69, 9.17) is 5.73 Å². The lowest BCUT2D eigenvalue weighted by Gasteiger charge is -2.17. The molecule has 15 heavy (non-hydrogen) atoms. The Morgan fingerprint density at radius 2 is 2.20 bits per heavy atom. The highest BCUT2D eigenvalue weighted by Gasteiger charge is 2.16. The van der Waals surface area contributed by atoms with Crippen molar-refractivity contribution >= 4 is 11.7 Å². The van der Waals surface area contributed by atoms with E-state index >= 15 is 0 Å². The first-order valence-corrected chi connectivity index (χ1v) is 4.89. The van der Waals surface area contributed by atoms with Crippen LogP contribution in [0.1, 0.15) is 26.0 Å². The second-order valence-electron chi connectivity index (χ2n) is 4.38. The molecule has 0 saturated carbocycles. The van der Waals surface area contributed by atoms with Crippen LogP contribution >= 0.6 is 0 Å². The highest BCUT2D eigenvalue weighted by Crippen LogP contribution is 2.08.